The third-order valence-electron chi connectivity index (χ3n) is 6.05. The number of phenols is 2. The maximum atomic E-state index is 10.7. The van der Waals surface area contributed by atoms with E-state index in [0.29, 0.717) is 6.42 Å². The van der Waals surface area contributed by atoms with Crippen LogP contribution < -0.4 is 0 Å². The molecule has 39 heavy (non-hydrogen) atoms. The average molecular weight is 721 g/mol. The molecule has 0 spiro atoms. The van der Waals surface area contributed by atoms with Crippen LogP contribution in [0.15, 0.2) is 78.9 Å². The summed E-state index contributed by atoms with van der Waals surface area (Å²) in [6.07, 6.45) is 4.76. The second-order valence-corrected chi connectivity index (χ2v) is 15.3. The van der Waals surface area contributed by atoms with Gasteiger partial charge in [-0.3, -0.25) is 4.79 Å². The Morgan fingerprint density at radius 3 is 1.79 bits per heavy atom. The first-order valence-corrected chi connectivity index (χ1v) is 15.4. The number of aromatic hydroxyl groups is 2. The molecule has 6 nitrogen and oxygen atoms in total. The van der Waals surface area contributed by atoms with E-state index in [2.05, 4.69) is 51.8 Å². The fourth-order valence-corrected chi connectivity index (χ4v) is 4.29. The molecule has 1 heterocycles. The van der Waals surface area contributed by atoms with Gasteiger partial charge in [-0.1, -0.05) is 49.6 Å². The van der Waals surface area contributed by atoms with Crippen molar-refractivity contribution in [1.82, 2.24) is 9.55 Å². The highest BCUT2D eigenvalue weighted by atomic mass is 79.9. The number of hydrogen-bond donors (Lipinski definition) is 3. The first-order valence-electron chi connectivity index (χ1n) is 12.6. The van der Waals surface area contributed by atoms with E-state index < -0.39 is 5.97 Å². The number of benzene rings is 3. The summed E-state index contributed by atoms with van der Waals surface area (Å²) in [4.78, 5) is 15.8. The van der Waals surface area contributed by atoms with E-state index in [1.165, 1.54) is 0 Å². The van der Waals surface area contributed by atoms with Crippen molar-refractivity contribution in [3.05, 3.63) is 78.9 Å². The molecule has 1 aromatic heterocycles. The molecule has 0 saturated heterocycles. The van der Waals surface area contributed by atoms with Gasteiger partial charge in [-0.05, 0) is 61.4 Å². The number of phenolic OH excluding ortho intramolecular Hbond substituents is 2. The van der Waals surface area contributed by atoms with Crippen molar-refractivity contribution in [1.29, 1.82) is 0 Å². The maximum absolute atomic E-state index is 10.7. The van der Waals surface area contributed by atoms with Gasteiger partial charge in [-0.2, -0.15) is 0 Å². The fourth-order valence-electron chi connectivity index (χ4n) is 4.29. The molecule has 0 saturated carbocycles. The van der Waals surface area contributed by atoms with Crippen molar-refractivity contribution >= 4 is 56.4 Å². The summed E-state index contributed by atoms with van der Waals surface area (Å²) in [5.74, 6) is 0.528. The number of carboxylic acid groups (broad SMARTS) is 1. The van der Waals surface area contributed by atoms with E-state index in [1.54, 1.807) is 24.3 Å². The predicted octanol–water partition coefficient (Wildman–Crippen LogP) is 8.88. The molecule has 0 aliphatic heterocycles. The van der Waals surface area contributed by atoms with Crippen LogP contribution in [0, 0.1) is 0 Å². The first-order chi connectivity index (χ1) is 18.8. The Hall–Kier alpha value is -2.56. The van der Waals surface area contributed by atoms with Gasteiger partial charge in [0, 0.05) is 29.7 Å². The van der Waals surface area contributed by atoms with Crippen molar-refractivity contribution in [3.63, 3.8) is 0 Å². The highest BCUT2D eigenvalue weighted by Gasteiger charge is 2.21. The minimum atomic E-state index is -0.740. The van der Waals surface area contributed by atoms with Crippen LogP contribution in [0.3, 0.4) is 0 Å². The minimum Gasteiger partial charge on any atom is -0.508 e. The van der Waals surface area contributed by atoms with Crippen LogP contribution in [0.4, 0.5) is 0 Å². The van der Waals surface area contributed by atoms with Gasteiger partial charge in [0.2, 0.25) is 0 Å². The van der Waals surface area contributed by atoms with E-state index >= 15 is 0 Å². The normalized spacial score (nSPS) is 10.5. The summed E-state index contributed by atoms with van der Waals surface area (Å²) < 4.78 is 2.51. The van der Waals surface area contributed by atoms with Crippen LogP contribution in [0.5, 0.6) is 11.5 Å². The smallest absolute Gasteiger partial charge is 0.369 e. The zero-order valence-corrected chi connectivity index (χ0v) is 26.1. The largest absolute Gasteiger partial charge is 0.508 e. The molecule has 4 rings (SSSR count). The standard InChI is InChI=1S/C29H30N2O4.BBr3/c32-24-16-12-21(13-17-24)27-28(22-14-18-25(33)19-15-22)31(20-8-3-1-2-7-11-26(34)35)29(30-27)23-9-5-4-6-10-23;2-1(3)4/h4-6,9-10,12-19,32-33H,1-3,7-8,11,20H2,(H,34,35);. The zero-order chi connectivity index (χ0) is 28.2. The number of carboxylic acids is 1. The number of aromatic nitrogens is 2. The summed E-state index contributed by atoms with van der Waals surface area (Å²) >= 11 is 9.31. The Labute approximate surface area is 254 Å². The lowest BCUT2D eigenvalue weighted by Gasteiger charge is -2.14. The van der Waals surface area contributed by atoms with Gasteiger partial charge >= 0.3 is 9.15 Å². The predicted molar refractivity (Wildman–Crippen MR) is 170 cm³/mol. The SMILES string of the molecule is BrB(Br)Br.O=C(O)CCCCCCCn1c(-c2ccccc2)nc(-c2ccc(O)cc2)c1-c1ccc(O)cc1. The molecule has 0 radical (unpaired) electrons. The lowest BCUT2D eigenvalue weighted by Crippen LogP contribution is -2.03. The molecule has 0 unspecified atom stereocenters. The number of nitrogens with zero attached hydrogens (tertiary/aromatic N) is 2. The quantitative estimate of drug-likeness (QED) is 0.106. The number of hydrogen-bond acceptors (Lipinski definition) is 4. The topological polar surface area (TPSA) is 95.6 Å². The lowest BCUT2D eigenvalue weighted by molar-refractivity contribution is -0.137. The van der Waals surface area contributed by atoms with E-state index in [9.17, 15) is 15.0 Å². The van der Waals surface area contributed by atoms with Crippen LogP contribution in [-0.2, 0) is 11.3 Å². The summed E-state index contributed by atoms with van der Waals surface area (Å²) in [5, 5.41) is 28.5. The van der Waals surface area contributed by atoms with Crippen molar-refractivity contribution in [2.45, 2.75) is 45.1 Å². The Bertz CT molecular complexity index is 1310. The average Bonchev–Trinajstić information content (AvgIpc) is 3.28. The monoisotopic (exact) mass is 718 g/mol. The van der Waals surface area contributed by atoms with Crippen LogP contribution in [0.2, 0.25) is 0 Å². The minimum absolute atomic E-state index is 0.200. The number of aliphatic carboxylic acids is 1. The second-order valence-electron chi connectivity index (χ2n) is 8.90. The van der Waals surface area contributed by atoms with Crippen LogP contribution in [0.25, 0.3) is 33.9 Å². The fraction of sp³-hybridized carbons (Fsp3) is 0.241. The van der Waals surface area contributed by atoms with E-state index in [-0.39, 0.29) is 21.1 Å². The molecule has 3 aromatic carbocycles. The van der Waals surface area contributed by atoms with E-state index in [4.69, 9.17) is 10.1 Å². The third kappa shape index (κ3) is 9.85. The molecule has 0 aliphatic rings. The lowest BCUT2D eigenvalue weighted by atomic mass is 10.0. The molecule has 3 N–H and O–H groups in total. The summed E-state index contributed by atoms with van der Waals surface area (Å²) in [6, 6.07) is 24.3. The molecule has 0 fully saturated rings. The number of halogens is 3. The maximum Gasteiger partial charge on any atom is 0.369 e. The Kier molecular flexibility index (Phi) is 12.6. The van der Waals surface area contributed by atoms with Gasteiger partial charge in [0.15, 0.2) is 0 Å². The van der Waals surface area contributed by atoms with Gasteiger partial charge < -0.3 is 19.9 Å². The van der Waals surface area contributed by atoms with Crippen molar-refractivity contribution in [2.75, 3.05) is 0 Å². The Balaban J connectivity index is 0.000000983. The molecule has 0 bridgehead atoms. The van der Waals surface area contributed by atoms with Gasteiger partial charge in [0.05, 0.1) is 11.4 Å². The van der Waals surface area contributed by atoms with Gasteiger partial charge in [-0.25, -0.2) is 4.98 Å². The van der Waals surface area contributed by atoms with Crippen molar-refractivity contribution in [3.8, 4) is 45.4 Å². The Morgan fingerprint density at radius 2 is 1.23 bits per heavy atom. The third-order valence-corrected chi connectivity index (χ3v) is 6.05. The second kappa shape index (κ2) is 15.9. The number of carbonyl (C=O) groups is 1. The first kappa shape index (κ1) is 31.0. The Morgan fingerprint density at radius 1 is 0.718 bits per heavy atom. The van der Waals surface area contributed by atoms with E-state index in [1.807, 2.05) is 54.6 Å². The number of rotatable bonds is 11. The summed E-state index contributed by atoms with van der Waals surface area (Å²) in [5.41, 5.74) is 4.63. The van der Waals surface area contributed by atoms with E-state index in [0.717, 1.165) is 66.1 Å². The summed E-state index contributed by atoms with van der Waals surface area (Å²) in [7, 11) is 0. The zero-order valence-electron chi connectivity index (χ0n) is 21.3. The molecule has 0 aliphatic carbocycles. The molecule has 10 heteroatoms. The highest BCUT2D eigenvalue weighted by molar-refractivity contribution is 9.69. The van der Waals surface area contributed by atoms with Crippen molar-refractivity contribution < 1.29 is 20.1 Å². The summed E-state index contributed by atoms with van der Waals surface area (Å²) in [6.45, 7) is 0.754. The van der Waals surface area contributed by atoms with Crippen LogP contribution >= 0.6 is 47.3 Å². The molecular weight excluding hydrogens is 691 g/mol. The number of imidazole rings is 1. The molecule has 4 aromatic rings. The highest BCUT2D eigenvalue weighted by Crippen LogP contribution is 2.37. The molecule has 204 valence electrons. The number of unbranched alkanes of at least 4 members (excludes halogenated alkanes) is 4. The molecule has 0 amide bonds. The van der Waals surface area contributed by atoms with Gasteiger partial charge in [-0.15, -0.1) is 47.3 Å². The van der Waals surface area contributed by atoms with Crippen LogP contribution in [-0.4, -0.2) is 34.0 Å². The van der Waals surface area contributed by atoms with Gasteiger partial charge in [0.25, 0.3) is 0 Å². The molecular formula is C29H30BBr3N2O4. The van der Waals surface area contributed by atoms with Gasteiger partial charge in [0.1, 0.15) is 17.3 Å². The van der Waals surface area contributed by atoms with Crippen molar-refractivity contribution in [2.24, 2.45) is 0 Å². The molecule has 0 atom stereocenters. The van der Waals surface area contributed by atoms with Crippen LogP contribution in [0.1, 0.15) is 38.5 Å².